The molecule has 1 aliphatic rings. The van der Waals surface area contributed by atoms with Gasteiger partial charge in [0, 0.05) is 37.0 Å². The fraction of sp³-hybridized carbons (Fsp3) is 0.545. The summed E-state index contributed by atoms with van der Waals surface area (Å²) in [7, 11) is 0. The highest BCUT2D eigenvalue weighted by molar-refractivity contribution is 8.01. The van der Waals surface area contributed by atoms with Crippen LogP contribution in [0, 0.1) is 0 Å². The molecule has 176 valence electrons. The number of nitrogens with zero attached hydrogens (tertiary/aromatic N) is 3. The lowest BCUT2D eigenvalue weighted by Gasteiger charge is -2.36. The van der Waals surface area contributed by atoms with Gasteiger partial charge in [0.2, 0.25) is 5.91 Å². The zero-order valence-corrected chi connectivity index (χ0v) is 20.4. The number of hydrogen-bond acceptors (Lipinski definition) is 6. The van der Waals surface area contributed by atoms with Gasteiger partial charge in [0.25, 0.3) is 0 Å². The minimum Gasteiger partial charge on any atom is -0.367 e. The van der Waals surface area contributed by atoms with Crippen molar-refractivity contribution in [1.29, 1.82) is 0 Å². The number of carbonyl (C=O) groups excluding carboxylic acids is 1. The fourth-order valence-electron chi connectivity index (χ4n) is 3.37. The van der Waals surface area contributed by atoms with Crippen LogP contribution in [0.5, 0.6) is 0 Å². The molecule has 1 amide bonds. The number of nitrogens with one attached hydrogen (secondary N) is 1. The van der Waals surface area contributed by atoms with E-state index in [1.165, 1.54) is 29.2 Å². The van der Waals surface area contributed by atoms with Crippen LogP contribution in [-0.4, -0.2) is 54.3 Å². The van der Waals surface area contributed by atoms with E-state index in [0.717, 1.165) is 41.8 Å². The number of likely N-dealkylation sites (N-methyl/N-ethyl adjacent to an activating group) is 1. The van der Waals surface area contributed by atoms with Crippen molar-refractivity contribution in [3.63, 3.8) is 0 Å². The first-order valence-corrected chi connectivity index (χ1v) is 12.4. The molecule has 1 aromatic heterocycles. The molecular formula is C22H29F3N4OS2. The van der Waals surface area contributed by atoms with Crippen LogP contribution in [-0.2, 0) is 16.4 Å². The summed E-state index contributed by atoms with van der Waals surface area (Å²) in [6.45, 7) is 12.3. The van der Waals surface area contributed by atoms with Gasteiger partial charge in [-0.2, -0.15) is 13.2 Å². The monoisotopic (exact) mass is 486 g/mol. The molecule has 0 saturated carbocycles. The first-order chi connectivity index (χ1) is 15.0. The number of thiazole rings is 1. The lowest BCUT2D eigenvalue weighted by atomic mass is 9.93. The van der Waals surface area contributed by atoms with Gasteiger partial charge in [0.05, 0.1) is 28.4 Å². The second-order valence-electron chi connectivity index (χ2n) is 8.74. The third-order valence-corrected chi connectivity index (χ3v) is 7.36. The predicted molar refractivity (Wildman–Crippen MR) is 126 cm³/mol. The molecule has 1 aromatic carbocycles. The van der Waals surface area contributed by atoms with Gasteiger partial charge < -0.3 is 15.1 Å². The Morgan fingerprint density at radius 2 is 1.88 bits per heavy atom. The van der Waals surface area contributed by atoms with Gasteiger partial charge in [-0.1, -0.05) is 39.5 Å². The quantitative estimate of drug-likeness (QED) is 0.559. The van der Waals surface area contributed by atoms with Crippen molar-refractivity contribution in [2.45, 2.75) is 43.6 Å². The summed E-state index contributed by atoms with van der Waals surface area (Å²) in [5.41, 5.74) is 0.927. The van der Waals surface area contributed by atoms with Crippen molar-refractivity contribution in [2.24, 2.45) is 0 Å². The Labute approximate surface area is 195 Å². The van der Waals surface area contributed by atoms with Gasteiger partial charge >= 0.3 is 6.18 Å². The number of halogens is 3. The van der Waals surface area contributed by atoms with Crippen LogP contribution in [0.25, 0.3) is 0 Å². The van der Waals surface area contributed by atoms with E-state index >= 15 is 0 Å². The van der Waals surface area contributed by atoms with Crippen LogP contribution >= 0.6 is 23.1 Å². The van der Waals surface area contributed by atoms with E-state index in [9.17, 15) is 18.0 Å². The molecule has 0 radical (unpaired) electrons. The number of aromatic nitrogens is 1. The molecule has 1 fully saturated rings. The highest BCUT2D eigenvalue weighted by Gasteiger charge is 2.32. The number of anilines is 2. The predicted octanol–water partition coefficient (Wildman–Crippen LogP) is 5.33. The summed E-state index contributed by atoms with van der Waals surface area (Å²) in [5.74, 6) is -0.272. The van der Waals surface area contributed by atoms with E-state index in [4.69, 9.17) is 0 Å². The first kappa shape index (κ1) is 24.9. The molecule has 32 heavy (non-hydrogen) atoms. The number of alkyl halides is 3. The zero-order valence-electron chi connectivity index (χ0n) is 18.8. The molecule has 0 unspecified atom stereocenters. The zero-order chi connectivity index (χ0) is 23.5. The molecule has 10 heteroatoms. The Balaban J connectivity index is 1.72. The van der Waals surface area contributed by atoms with Crippen molar-refractivity contribution in [3.05, 3.63) is 34.8 Å². The van der Waals surface area contributed by atoms with E-state index in [1.54, 1.807) is 0 Å². The molecule has 3 rings (SSSR count). The maximum absolute atomic E-state index is 13.3. The van der Waals surface area contributed by atoms with Crippen LogP contribution in [0.2, 0.25) is 0 Å². The third kappa shape index (κ3) is 6.39. The van der Waals surface area contributed by atoms with E-state index in [1.807, 2.05) is 10.3 Å². The van der Waals surface area contributed by atoms with E-state index in [0.29, 0.717) is 18.8 Å². The number of benzene rings is 1. The summed E-state index contributed by atoms with van der Waals surface area (Å²) in [6, 6.07) is 3.57. The fourth-order valence-corrected chi connectivity index (χ4v) is 5.23. The topological polar surface area (TPSA) is 48.5 Å². The lowest BCUT2D eigenvalue weighted by molar-refractivity contribution is -0.137. The molecular weight excluding hydrogens is 457 g/mol. The minimum absolute atomic E-state index is 0.0771. The summed E-state index contributed by atoms with van der Waals surface area (Å²) in [6.07, 6.45) is -4.47. The molecule has 0 aliphatic carbocycles. The van der Waals surface area contributed by atoms with E-state index in [-0.39, 0.29) is 22.8 Å². The van der Waals surface area contributed by atoms with Gasteiger partial charge in [0.15, 0.2) is 4.34 Å². The molecule has 1 saturated heterocycles. The maximum atomic E-state index is 13.3. The van der Waals surface area contributed by atoms with E-state index < -0.39 is 11.7 Å². The molecule has 1 N–H and O–H groups in total. The SMILES string of the molecule is CCN1CCN(c2ccc(C(F)(F)F)cc2NC(=O)CSc2nc(C(C)(C)C)cs2)CC1. The molecule has 2 aromatic rings. The van der Waals surface area contributed by atoms with Gasteiger partial charge in [-0.15, -0.1) is 11.3 Å². The average Bonchev–Trinajstić information content (AvgIpc) is 3.21. The molecule has 1 aliphatic heterocycles. The molecule has 0 atom stereocenters. The summed E-state index contributed by atoms with van der Waals surface area (Å²) in [4.78, 5) is 21.5. The lowest BCUT2D eigenvalue weighted by Crippen LogP contribution is -2.46. The largest absolute Gasteiger partial charge is 0.416 e. The second-order valence-corrected chi connectivity index (χ2v) is 10.8. The first-order valence-electron chi connectivity index (χ1n) is 10.5. The third-order valence-electron chi connectivity index (χ3n) is 5.34. The summed E-state index contributed by atoms with van der Waals surface area (Å²) < 4.78 is 40.7. The molecule has 2 heterocycles. The van der Waals surface area contributed by atoms with Crippen LogP contribution in [0.1, 0.15) is 39.0 Å². The Morgan fingerprint density at radius 1 is 1.19 bits per heavy atom. The molecule has 0 spiro atoms. The normalized spacial score (nSPS) is 15.8. The van der Waals surface area contributed by atoms with Crippen LogP contribution in [0.3, 0.4) is 0 Å². The van der Waals surface area contributed by atoms with Crippen molar-refractivity contribution in [3.8, 4) is 0 Å². The van der Waals surface area contributed by atoms with Crippen molar-refractivity contribution in [2.75, 3.05) is 48.7 Å². The summed E-state index contributed by atoms with van der Waals surface area (Å²) >= 11 is 2.76. The maximum Gasteiger partial charge on any atom is 0.416 e. The number of thioether (sulfide) groups is 1. The number of hydrogen-bond donors (Lipinski definition) is 1. The Bertz CT molecular complexity index is 932. The highest BCUT2D eigenvalue weighted by atomic mass is 32.2. The van der Waals surface area contributed by atoms with Crippen molar-refractivity contribution in [1.82, 2.24) is 9.88 Å². The van der Waals surface area contributed by atoms with Crippen LogP contribution < -0.4 is 10.2 Å². The van der Waals surface area contributed by atoms with Gasteiger partial charge in [0.1, 0.15) is 0 Å². The van der Waals surface area contributed by atoms with Gasteiger partial charge in [-0.3, -0.25) is 4.79 Å². The Hall–Kier alpha value is -1.78. The molecule has 0 bridgehead atoms. The number of rotatable bonds is 6. The molecule has 5 nitrogen and oxygen atoms in total. The summed E-state index contributed by atoms with van der Waals surface area (Å²) in [5, 5.41) is 4.69. The minimum atomic E-state index is -4.47. The van der Waals surface area contributed by atoms with Gasteiger partial charge in [-0.05, 0) is 24.7 Å². The number of piperazine rings is 1. The number of amides is 1. The van der Waals surface area contributed by atoms with E-state index in [2.05, 4.69) is 42.9 Å². The number of carbonyl (C=O) groups is 1. The second kappa shape index (κ2) is 10.0. The Kier molecular flexibility index (Phi) is 7.77. The van der Waals surface area contributed by atoms with Crippen LogP contribution in [0.4, 0.5) is 24.5 Å². The van der Waals surface area contributed by atoms with Gasteiger partial charge in [-0.25, -0.2) is 4.98 Å². The van der Waals surface area contributed by atoms with Crippen molar-refractivity contribution < 1.29 is 18.0 Å². The smallest absolute Gasteiger partial charge is 0.367 e. The Morgan fingerprint density at radius 3 is 2.44 bits per heavy atom. The average molecular weight is 487 g/mol. The highest BCUT2D eigenvalue weighted by Crippen LogP contribution is 2.36. The van der Waals surface area contributed by atoms with Crippen molar-refractivity contribution >= 4 is 40.4 Å². The van der Waals surface area contributed by atoms with Crippen LogP contribution in [0.15, 0.2) is 27.9 Å². The standard InChI is InChI=1S/C22H29F3N4OS2/c1-5-28-8-10-29(11-9-28)17-7-6-15(22(23,24)25)12-16(17)26-19(30)14-32-20-27-18(13-31-20)21(2,3)4/h6-7,12-13H,5,8-11,14H2,1-4H3,(H,26,30).